The molecule has 1 aromatic heterocycles. The summed E-state index contributed by atoms with van der Waals surface area (Å²) in [5.41, 5.74) is 6.12. The molecule has 0 aliphatic carbocycles. The van der Waals surface area contributed by atoms with Gasteiger partial charge >= 0.3 is 0 Å². The normalized spacial score (nSPS) is 11.1. The van der Waals surface area contributed by atoms with Crippen LogP contribution in [0.2, 0.25) is 0 Å². The van der Waals surface area contributed by atoms with Crippen LogP contribution in [0.5, 0.6) is 0 Å². The average molecular weight is 303 g/mol. The monoisotopic (exact) mass is 303 g/mol. The topological polar surface area (TPSA) is 93.4 Å². The van der Waals surface area contributed by atoms with E-state index in [0.717, 1.165) is 10.4 Å². The molecule has 0 radical (unpaired) electrons. The number of nitrogens with one attached hydrogen (secondary N) is 2. The summed E-state index contributed by atoms with van der Waals surface area (Å²) in [7, 11) is -1.98. The Bertz CT molecular complexity index is 543. The SMILES string of the molecule is COCCNS(=O)(=O)NCc1cc(C#CCN)cs1. The van der Waals surface area contributed by atoms with Crippen molar-refractivity contribution in [1.29, 1.82) is 0 Å². The van der Waals surface area contributed by atoms with Crippen molar-refractivity contribution in [3.8, 4) is 11.8 Å². The molecule has 8 heteroatoms. The molecule has 0 amide bonds. The predicted octanol–water partition coefficient (Wildman–Crippen LogP) is -0.371. The molecule has 0 bridgehead atoms. The number of nitrogens with two attached hydrogens (primary N) is 1. The first-order chi connectivity index (χ1) is 9.07. The van der Waals surface area contributed by atoms with Gasteiger partial charge in [0.2, 0.25) is 0 Å². The van der Waals surface area contributed by atoms with Crippen LogP contribution in [0.4, 0.5) is 0 Å². The maximum Gasteiger partial charge on any atom is 0.277 e. The maximum absolute atomic E-state index is 11.5. The largest absolute Gasteiger partial charge is 0.383 e. The van der Waals surface area contributed by atoms with E-state index in [0.29, 0.717) is 13.2 Å². The van der Waals surface area contributed by atoms with Crippen molar-refractivity contribution in [3.05, 3.63) is 21.9 Å². The van der Waals surface area contributed by atoms with Crippen LogP contribution in [0.25, 0.3) is 0 Å². The molecule has 6 nitrogen and oxygen atoms in total. The lowest BCUT2D eigenvalue weighted by atomic mass is 10.3. The van der Waals surface area contributed by atoms with Crippen molar-refractivity contribution in [2.24, 2.45) is 5.73 Å². The number of hydrogen-bond donors (Lipinski definition) is 3. The van der Waals surface area contributed by atoms with Crippen LogP contribution >= 0.6 is 11.3 Å². The van der Waals surface area contributed by atoms with Crippen LogP contribution in [-0.2, 0) is 21.5 Å². The van der Waals surface area contributed by atoms with E-state index in [9.17, 15) is 8.42 Å². The highest BCUT2D eigenvalue weighted by Crippen LogP contribution is 2.13. The molecule has 0 aliphatic heterocycles. The van der Waals surface area contributed by atoms with E-state index in [4.69, 9.17) is 10.5 Å². The van der Waals surface area contributed by atoms with Crippen molar-refractivity contribution < 1.29 is 13.2 Å². The van der Waals surface area contributed by atoms with Gasteiger partial charge in [-0.2, -0.15) is 17.9 Å². The fourth-order valence-corrected chi connectivity index (χ4v) is 2.83. The number of thiophene rings is 1. The molecular formula is C11H17N3O3S2. The minimum Gasteiger partial charge on any atom is -0.383 e. The van der Waals surface area contributed by atoms with Gasteiger partial charge in [0.25, 0.3) is 10.2 Å². The Morgan fingerprint density at radius 2 is 2.26 bits per heavy atom. The number of rotatable bonds is 7. The zero-order valence-corrected chi connectivity index (χ0v) is 12.2. The predicted molar refractivity (Wildman–Crippen MR) is 75.9 cm³/mol. The number of hydrogen-bond acceptors (Lipinski definition) is 5. The summed E-state index contributed by atoms with van der Waals surface area (Å²) < 4.78 is 32.7. The Labute approximate surface area is 117 Å². The number of ether oxygens (including phenoxy) is 1. The highest BCUT2D eigenvalue weighted by molar-refractivity contribution is 7.87. The summed E-state index contributed by atoms with van der Waals surface area (Å²) >= 11 is 1.45. The molecule has 1 heterocycles. The van der Waals surface area contributed by atoms with Crippen LogP contribution in [0.1, 0.15) is 10.4 Å². The summed E-state index contributed by atoms with van der Waals surface area (Å²) in [6, 6.07) is 1.84. The van der Waals surface area contributed by atoms with Gasteiger partial charge in [-0.25, -0.2) is 0 Å². The molecule has 106 valence electrons. The zero-order chi connectivity index (χ0) is 14.1. The minimum absolute atomic E-state index is 0.233. The second-order valence-corrected chi connectivity index (χ2v) is 6.10. The van der Waals surface area contributed by atoms with E-state index in [2.05, 4.69) is 21.3 Å². The molecule has 0 spiro atoms. The first-order valence-electron chi connectivity index (χ1n) is 5.57. The molecule has 0 unspecified atom stereocenters. The van der Waals surface area contributed by atoms with Crippen LogP contribution in [0.3, 0.4) is 0 Å². The van der Waals surface area contributed by atoms with E-state index >= 15 is 0 Å². The smallest absolute Gasteiger partial charge is 0.277 e. The van der Waals surface area contributed by atoms with Crippen LogP contribution in [0, 0.1) is 11.8 Å². The highest BCUT2D eigenvalue weighted by atomic mass is 32.2. The second-order valence-electron chi connectivity index (χ2n) is 3.52. The first-order valence-corrected chi connectivity index (χ1v) is 7.93. The van der Waals surface area contributed by atoms with E-state index in [1.807, 2.05) is 11.4 Å². The van der Waals surface area contributed by atoms with Gasteiger partial charge in [0, 0.05) is 36.0 Å². The van der Waals surface area contributed by atoms with Gasteiger partial charge in [-0.05, 0) is 6.07 Å². The van der Waals surface area contributed by atoms with Crippen molar-refractivity contribution in [3.63, 3.8) is 0 Å². The molecule has 0 saturated heterocycles. The molecule has 4 N–H and O–H groups in total. The van der Waals surface area contributed by atoms with E-state index in [-0.39, 0.29) is 13.1 Å². The lowest BCUT2D eigenvalue weighted by Gasteiger charge is -2.06. The van der Waals surface area contributed by atoms with Gasteiger partial charge < -0.3 is 10.5 Å². The molecule has 0 atom stereocenters. The molecule has 19 heavy (non-hydrogen) atoms. The van der Waals surface area contributed by atoms with Crippen LogP contribution < -0.4 is 15.2 Å². The third kappa shape index (κ3) is 6.68. The maximum atomic E-state index is 11.5. The molecule has 0 fully saturated rings. The Hall–Kier alpha value is -0.950. The summed E-state index contributed by atoms with van der Waals surface area (Å²) in [4.78, 5) is 0.887. The fraction of sp³-hybridized carbons (Fsp3) is 0.455. The highest BCUT2D eigenvalue weighted by Gasteiger charge is 2.08. The lowest BCUT2D eigenvalue weighted by molar-refractivity contribution is 0.204. The molecule has 0 aliphatic rings. The van der Waals surface area contributed by atoms with Crippen LogP contribution in [-0.4, -0.2) is 35.2 Å². The van der Waals surface area contributed by atoms with Crippen LogP contribution in [0.15, 0.2) is 11.4 Å². The van der Waals surface area contributed by atoms with Crippen molar-refractivity contribution in [1.82, 2.24) is 9.44 Å². The Balaban J connectivity index is 2.45. The standard InChI is InChI=1S/C11H17N3O3S2/c1-17-6-5-13-19(15,16)14-8-11-7-10(9-18-11)3-2-4-12/h7,9,13-14H,4-6,8,12H2,1H3. The van der Waals surface area contributed by atoms with E-state index < -0.39 is 10.2 Å². The third-order valence-corrected chi connectivity index (χ3v) is 4.07. The quantitative estimate of drug-likeness (QED) is 0.473. The summed E-state index contributed by atoms with van der Waals surface area (Å²) in [6.45, 7) is 1.11. The van der Waals surface area contributed by atoms with Gasteiger partial charge in [-0.3, -0.25) is 0 Å². The van der Waals surface area contributed by atoms with Gasteiger partial charge in [0.05, 0.1) is 13.2 Å². The van der Waals surface area contributed by atoms with Gasteiger partial charge in [0.15, 0.2) is 0 Å². The first kappa shape index (κ1) is 16.1. The summed E-state index contributed by atoms with van der Waals surface area (Å²) in [5, 5.41) is 1.87. The second kappa shape index (κ2) is 8.27. The van der Waals surface area contributed by atoms with E-state index in [1.165, 1.54) is 18.4 Å². The minimum atomic E-state index is -3.49. The third-order valence-electron chi connectivity index (χ3n) is 2.02. The van der Waals surface area contributed by atoms with Crippen molar-refractivity contribution in [2.75, 3.05) is 26.8 Å². The zero-order valence-electron chi connectivity index (χ0n) is 10.6. The van der Waals surface area contributed by atoms with Gasteiger partial charge in [-0.15, -0.1) is 11.3 Å². The molecule has 0 saturated carbocycles. The summed E-state index contributed by atoms with van der Waals surface area (Å²) in [6.07, 6.45) is 0. The Kier molecular flexibility index (Phi) is 7.01. The molecule has 1 aromatic rings. The molecular weight excluding hydrogens is 286 g/mol. The summed E-state index contributed by atoms with van der Waals surface area (Å²) in [5.74, 6) is 5.63. The number of methoxy groups -OCH3 is 1. The van der Waals surface area contributed by atoms with Gasteiger partial charge in [-0.1, -0.05) is 11.8 Å². The van der Waals surface area contributed by atoms with Crippen molar-refractivity contribution >= 4 is 21.5 Å². The average Bonchev–Trinajstić information content (AvgIpc) is 2.82. The molecule has 1 rings (SSSR count). The van der Waals surface area contributed by atoms with Gasteiger partial charge in [0.1, 0.15) is 0 Å². The molecule has 0 aromatic carbocycles. The van der Waals surface area contributed by atoms with Crippen molar-refractivity contribution in [2.45, 2.75) is 6.54 Å². The Morgan fingerprint density at radius 1 is 1.47 bits per heavy atom. The van der Waals surface area contributed by atoms with E-state index in [1.54, 1.807) is 0 Å². The fourth-order valence-electron chi connectivity index (χ4n) is 1.19. The lowest BCUT2D eigenvalue weighted by Crippen LogP contribution is -2.37. The Morgan fingerprint density at radius 3 is 2.95 bits per heavy atom.